The third-order valence-electron chi connectivity index (χ3n) is 4.91. The van der Waals surface area contributed by atoms with E-state index in [4.69, 9.17) is 5.11 Å². The van der Waals surface area contributed by atoms with Crippen molar-refractivity contribution in [2.45, 2.75) is 45.6 Å². The van der Waals surface area contributed by atoms with Gasteiger partial charge in [0.05, 0.1) is 5.60 Å². The first kappa shape index (κ1) is 31.1. The summed E-state index contributed by atoms with van der Waals surface area (Å²) in [5.41, 5.74) is 2.44. The molecule has 0 spiro atoms. The van der Waals surface area contributed by atoms with Crippen LogP contribution in [0.2, 0.25) is 0 Å². The summed E-state index contributed by atoms with van der Waals surface area (Å²) in [4.78, 5) is 0. The van der Waals surface area contributed by atoms with Crippen LogP contribution in [-0.4, -0.2) is 10.7 Å². The molecule has 1 atom stereocenters. The number of benzene rings is 2. The molecule has 178 valence electrons. The Kier molecular flexibility index (Phi) is 16.8. The van der Waals surface area contributed by atoms with Crippen LogP contribution in [0.1, 0.15) is 38.3 Å². The summed E-state index contributed by atoms with van der Waals surface area (Å²) < 4.78 is 0. The van der Waals surface area contributed by atoms with Crippen molar-refractivity contribution in [2.24, 2.45) is 11.8 Å². The average molecular weight is 488 g/mol. The van der Waals surface area contributed by atoms with Crippen LogP contribution < -0.4 is 0 Å². The minimum Gasteiger partial charge on any atom is -0.391 e. The molecular weight excluding hydrogens is 448 g/mol. The van der Waals surface area contributed by atoms with Gasteiger partial charge >= 0.3 is 0 Å². The Morgan fingerprint density at radius 1 is 0.676 bits per heavy atom. The van der Waals surface area contributed by atoms with E-state index < -0.39 is 5.60 Å². The van der Waals surface area contributed by atoms with E-state index in [0.717, 1.165) is 11.8 Å². The van der Waals surface area contributed by atoms with Gasteiger partial charge in [-0.05, 0) is 109 Å². The summed E-state index contributed by atoms with van der Waals surface area (Å²) in [6.07, 6.45) is 26.2. The SMILES string of the molecule is CC(C)(C)O.[CH]1[CH][CH][CH][CH]1.[CH]1[CH][CH][CH][CH]1.[Ti].c1ccc(CC(Cc2ccccc2)C2[CH-]C2)cc1. The molecular formula is C32H39OTi-. The Morgan fingerprint density at radius 2 is 0.941 bits per heavy atom. The van der Waals surface area contributed by atoms with Crippen LogP contribution >= 0.6 is 0 Å². The summed E-state index contributed by atoms with van der Waals surface area (Å²) in [5.74, 6) is 1.61. The van der Waals surface area contributed by atoms with Gasteiger partial charge in [-0.25, -0.2) is 6.42 Å². The second-order valence-electron chi connectivity index (χ2n) is 9.37. The summed E-state index contributed by atoms with van der Waals surface area (Å²) in [6.45, 7) is 5.23. The van der Waals surface area contributed by atoms with Crippen LogP contribution in [0.3, 0.4) is 0 Å². The number of rotatable bonds is 5. The fraction of sp³-hybridized carbons (Fsp3) is 0.281. The Morgan fingerprint density at radius 3 is 1.18 bits per heavy atom. The third-order valence-corrected chi connectivity index (χ3v) is 4.91. The zero-order valence-electron chi connectivity index (χ0n) is 20.8. The van der Waals surface area contributed by atoms with Crippen LogP contribution in [0.5, 0.6) is 0 Å². The summed E-state index contributed by atoms with van der Waals surface area (Å²) in [7, 11) is 0. The van der Waals surface area contributed by atoms with Gasteiger partial charge in [0, 0.05) is 21.7 Å². The molecule has 0 amide bonds. The fourth-order valence-electron chi connectivity index (χ4n) is 3.31. The van der Waals surface area contributed by atoms with E-state index in [-0.39, 0.29) is 21.7 Å². The van der Waals surface area contributed by atoms with E-state index in [1.165, 1.54) is 30.4 Å². The normalized spacial score (nSPS) is 18.3. The molecule has 5 rings (SSSR count). The molecule has 1 unspecified atom stereocenters. The van der Waals surface area contributed by atoms with Gasteiger partial charge in [0.25, 0.3) is 0 Å². The Labute approximate surface area is 226 Å². The second-order valence-corrected chi connectivity index (χ2v) is 9.37. The van der Waals surface area contributed by atoms with Crippen LogP contribution in [-0.2, 0) is 34.6 Å². The predicted molar refractivity (Wildman–Crippen MR) is 141 cm³/mol. The molecule has 1 nitrogen and oxygen atoms in total. The van der Waals surface area contributed by atoms with Gasteiger partial charge in [-0.3, -0.25) is 0 Å². The van der Waals surface area contributed by atoms with E-state index >= 15 is 0 Å². The smallest absolute Gasteiger partial charge is 0.0563 e. The molecule has 0 heterocycles. The monoisotopic (exact) mass is 487 g/mol. The summed E-state index contributed by atoms with van der Waals surface area (Å²) in [6, 6.07) is 21.8. The van der Waals surface area contributed by atoms with Gasteiger partial charge in [-0.15, -0.1) is 0 Å². The standard InChI is InChI=1S/C18H19.2C5H5.C4H10O.Ti/c1-3-7-15(8-4-1)13-18(17-11-12-17)14-16-9-5-2-6-10-16;2*1-2-4-5-3-1;1-4(2,3)5;/h1-11,17-18H,12-14H2;2*1-5H;5H,1-3H3;/q-1;;;;. The van der Waals surface area contributed by atoms with E-state index in [9.17, 15) is 0 Å². The first-order chi connectivity index (χ1) is 15.9. The third kappa shape index (κ3) is 17.5. The Bertz CT molecular complexity index is 622. The van der Waals surface area contributed by atoms with Gasteiger partial charge < -0.3 is 11.5 Å². The molecule has 34 heavy (non-hydrogen) atoms. The molecule has 3 aliphatic rings. The van der Waals surface area contributed by atoms with Gasteiger partial charge in [0.1, 0.15) is 0 Å². The van der Waals surface area contributed by atoms with E-state index in [2.05, 4.69) is 67.1 Å². The van der Waals surface area contributed by atoms with Crippen molar-refractivity contribution in [1.29, 1.82) is 0 Å². The van der Waals surface area contributed by atoms with E-state index in [1.807, 2.05) is 64.2 Å². The minimum absolute atomic E-state index is 0. The minimum atomic E-state index is -0.500. The summed E-state index contributed by atoms with van der Waals surface area (Å²) >= 11 is 0. The Balaban J connectivity index is 0.000000295. The molecule has 2 aromatic rings. The quantitative estimate of drug-likeness (QED) is 0.351. The Hall–Kier alpha value is -0.886. The molecule has 0 aliphatic heterocycles. The molecule has 10 radical (unpaired) electrons. The van der Waals surface area contributed by atoms with E-state index in [1.54, 1.807) is 20.8 Å². The number of aliphatic hydroxyl groups is 1. The molecule has 3 saturated carbocycles. The van der Waals surface area contributed by atoms with Gasteiger partial charge in [-0.2, -0.15) is 5.92 Å². The first-order valence-corrected chi connectivity index (χ1v) is 11.9. The predicted octanol–water partition coefficient (Wildman–Crippen LogP) is 7.13. The zero-order valence-corrected chi connectivity index (χ0v) is 22.4. The van der Waals surface area contributed by atoms with E-state index in [0.29, 0.717) is 0 Å². The van der Waals surface area contributed by atoms with Crippen molar-refractivity contribution >= 4 is 0 Å². The van der Waals surface area contributed by atoms with Crippen molar-refractivity contribution in [3.8, 4) is 0 Å². The maximum atomic E-state index is 8.52. The maximum Gasteiger partial charge on any atom is 0.0563 e. The molecule has 3 fully saturated rings. The topological polar surface area (TPSA) is 20.2 Å². The van der Waals surface area contributed by atoms with Crippen LogP contribution in [0.4, 0.5) is 0 Å². The van der Waals surface area contributed by atoms with Gasteiger partial charge in [0.15, 0.2) is 0 Å². The molecule has 0 bridgehead atoms. The largest absolute Gasteiger partial charge is 0.391 e. The molecule has 1 N–H and O–H groups in total. The van der Waals surface area contributed by atoms with Gasteiger partial charge in [-0.1, -0.05) is 66.6 Å². The van der Waals surface area contributed by atoms with Crippen LogP contribution in [0.15, 0.2) is 60.7 Å². The second kappa shape index (κ2) is 18.4. The molecule has 0 aromatic heterocycles. The zero-order chi connectivity index (χ0) is 23.8. The van der Waals surface area contributed by atoms with Crippen molar-refractivity contribution in [1.82, 2.24) is 0 Å². The average Bonchev–Trinajstić information content (AvgIpc) is 3.23. The van der Waals surface area contributed by atoms with Crippen molar-refractivity contribution in [3.63, 3.8) is 0 Å². The van der Waals surface area contributed by atoms with Gasteiger partial charge in [0.2, 0.25) is 0 Å². The molecule has 2 heteroatoms. The van der Waals surface area contributed by atoms with Crippen molar-refractivity contribution < 1.29 is 26.8 Å². The number of hydrogen-bond acceptors (Lipinski definition) is 1. The van der Waals surface area contributed by atoms with Crippen LogP contribution in [0.25, 0.3) is 0 Å². The molecule has 0 saturated heterocycles. The number of hydrogen-bond donors (Lipinski definition) is 1. The summed E-state index contributed by atoms with van der Waals surface area (Å²) in [5, 5.41) is 8.52. The van der Waals surface area contributed by atoms with Crippen LogP contribution in [0, 0.1) is 82.5 Å². The fourth-order valence-corrected chi connectivity index (χ4v) is 3.31. The van der Waals surface area contributed by atoms with Crippen molar-refractivity contribution in [3.05, 3.63) is 142 Å². The molecule has 3 aliphatic carbocycles. The first-order valence-electron chi connectivity index (χ1n) is 11.9. The van der Waals surface area contributed by atoms with Crippen molar-refractivity contribution in [2.75, 3.05) is 0 Å². The molecule has 2 aromatic carbocycles. The maximum absolute atomic E-state index is 8.52.